The van der Waals surface area contributed by atoms with Gasteiger partial charge in [0.1, 0.15) is 6.10 Å². The topological polar surface area (TPSA) is 61.2 Å². The fourth-order valence-corrected chi connectivity index (χ4v) is 3.78. The van der Waals surface area contributed by atoms with Gasteiger partial charge in [-0.25, -0.2) is 0 Å². The first-order chi connectivity index (χ1) is 13.0. The number of ether oxygens (including phenoxy) is 1. The van der Waals surface area contributed by atoms with Gasteiger partial charge in [-0.05, 0) is 13.0 Å². The van der Waals surface area contributed by atoms with E-state index < -0.39 is 0 Å². The SMILES string of the molecule is CN=C(NCC(C)CN1CCN(C)CC1)N1CCOC(c2cnn(C)c2)C1. The lowest BCUT2D eigenvalue weighted by Gasteiger charge is -2.36. The normalized spacial score (nSPS) is 24.2. The van der Waals surface area contributed by atoms with Gasteiger partial charge in [-0.2, -0.15) is 5.10 Å². The van der Waals surface area contributed by atoms with Crippen molar-refractivity contribution in [3.05, 3.63) is 18.0 Å². The minimum atomic E-state index is 0.0498. The van der Waals surface area contributed by atoms with Crippen LogP contribution in [0.4, 0.5) is 0 Å². The Kier molecular flexibility index (Phi) is 7.09. The molecule has 0 amide bonds. The van der Waals surface area contributed by atoms with Crippen LogP contribution in [0.5, 0.6) is 0 Å². The van der Waals surface area contributed by atoms with Gasteiger partial charge in [0.2, 0.25) is 0 Å². The number of nitrogens with one attached hydrogen (secondary N) is 1. The zero-order chi connectivity index (χ0) is 19.2. The quantitative estimate of drug-likeness (QED) is 0.586. The van der Waals surface area contributed by atoms with E-state index in [2.05, 4.69) is 44.1 Å². The van der Waals surface area contributed by atoms with Crippen molar-refractivity contribution >= 4 is 5.96 Å². The third kappa shape index (κ3) is 5.67. The predicted molar refractivity (Wildman–Crippen MR) is 108 cm³/mol. The Balaban J connectivity index is 1.46. The van der Waals surface area contributed by atoms with Crippen molar-refractivity contribution in [2.45, 2.75) is 13.0 Å². The summed E-state index contributed by atoms with van der Waals surface area (Å²) in [5.74, 6) is 1.55. The number of hydrogen-bond acceptors (Lipinski definition) is 5. The Labute approximate surface area is 163 Å². The van der Waals surface area contributed by atoms with Gasteiger partial charge in [-0.3, -0.25) is 9.67 Å². The number of morpholine rings is 1. The molecule has 2 saturated heterocycles. The minimum absolute atomic E-state index is 0.0498. The molecule has 0 aromatic carbocycles. The number of aliphatic imine (C=N–C) groups is 1. The molecule has 8 nitrogen and oxygen atoms in total. The first kappa shape index (κ1) is 20.1. The molecule has 2 aliphatic rings. The fourth-order valence-electron chi connectivity index (χ4n) is 3.78. The van der Waals surface area contributed by atoms with Gasteiger partial charge in [0.05, 0.1) is 19.3 Å². The Morgan fingerprint density at radius 2 is 2.07 bits per heavy atom. The van der Waals surface area contributed by atoms with Crippen LogP contribution in [0.15, 0.2) is 17.4 Å². The highest BCUT2D eigenvalue weighted by molar-refractivity contribution is 5.80. The van der Waals surface area contributed by atoms with Gasteiger partial charge in [-0.1, -0.05) is 6.92 Å². The molecule has 1 aromatic heterocycles. The average molecular weight is 378 g/mol. The van der Waals surface area contributed by atoms with Crippen LogP contribution < -0.4 is 5.32 Å². The van der Waals surface area contributed by atoms with E-state index in [4.69, 9.17) is 4.74 Å². The highest BCUT2D eigenvalue weighted by atomic mass is 16.5. The summed E-state index contributed by atoms with van der Waals surface area (Å²) in [4.78, 5) is 11.8. The van der Waals surface area contributed by atoms with Crippen LogP contribution >= 0.6 is 0 Å². The van der Waals surface area contributed by atoms with Crippen LogP contribution in [0, 0.1) is 5.92 Å². The predicted octanol–water partition coefficient (Wildman–Crippen LogP) is 0.252. The number of aryl methyl sites for hydroxylation is 1. The van der Waals surface area contributed by atoms with Crippen molar-refractivity contribution in [2.24, 2.45) is 18.0 Å². The van der Waals surface area contributed by atoms with E-state index in [0.717, 1.165) is 37.7 Å². The molecular formula is C19H35N7O. The number of hydrogen-bond donors (Lipinski definition) is 1. The van der Waals surface area contributed by atoms with Crippen LogP contribution in [0.3, 0.4) is 0 Å². The second-order valence-electron chi connectivity index (χ2n) is 7.89. The summed E-state index contributed by atoms with van der Waals surface area (Å²) in [6, 6.07) is 0. The molecule has 1 aromatic rings. The van der Waals surface area contributed by atoms with Crippen molar-refractivity contribution < 1.29 is 4.74 Å². The molecule has 3 rings (SSSR count). The number of likely N-dealkylation sites (N-methyl/N-ethyl adjacent to an activating group) is 1. The van der Waals surface area contributed by atoms with Gasteiger partial charge in [0.25, 0.3) is 0 Å². The lowest BCUT2D eigenvalue weighted by atomic mass is 10.1. The van der Waals surface area contributed by atoms with Gasteiger partial charge >= 0.3 is 0 Å². The molecule has 0 saturated carbocycles. The molecule has 0 spiro atoms. The Hall–Kier alpha value is -1.64. The molecular weight excluding hydrogens is 342 g/mol. The maximum atomic E-state index is 5.95. The summed E-state index contributed by atoms with van der Waals surface area (Å²) in [5, 5.41) is 7.84. The number of rotatable bonds is 5. The Bertz CT molecular complexity index is 609. The van der Waals surface area contributed by atoms with Crippen LogP contribution in [0.1, 0.15) is 18.6 Å². The largest absolute Gasteiger partial charge is 0.370 e. The molecule has 27 heavy (non-hydrogen) atoms. The first-order valence-corrected chi connectivity index (χ1v) is 10.0. The second kappa shape index (κ2) is 9.52. The Morgan fingerprint density at radius 3 is 2.74 bits per heavy atom. The molecule has 0 radical (unpaired) electrons. The molecule has 2 fully saturated rings. The van der Waals surface area contributed by atoms with Gasteiger partial charge in [0.15, 0.2) is 5.96 Å². The zero-order valence-corrected chi connectivity index (χ0v) is 17.3. The van der Waals surface area contributed by atoms with Crippen LogP contribution in [0.2, 0.25) is 0 Å². The number of guanidine groups is 1. The third-order valence-electron chi connectivity index (χ3n) is 5.45. The highest BCUT2D eigenvalue weighted by Crippen LogP contribution is 2.21. The summed E-state index contributed by atoms with van der Waals surface area (Å²) in [5.41, 5.74) is 1.13. The highest BCUT2D eigenvalue weighted by Gasteiger charge is 2.25. The number of piperazine rings is 1. The first-order valence-electron chi connectivity index (χ1n) is 10.0. The molecule has 0 aliphatic carbocycles. The lowest BCUT2D eigenvalue weighted by molar-refractivity contribution is -0.00809. The smallest absolute Gasteiger partial charge is 0.193 e. The lowest BCUT2D eigenvalue weighted by Crippen LogP contribution is -2.50. The van der Waals surface area contributed by atoms with Crippen molar-refractivity contribution in [2.75, 3.05) is 73.1 Å². The van der Waals surface area contributed by atoms with Crippen molar-refractivity contribution in [1.29, 1.82) is 0 Å². The molecule has 2 atom stereocenters. The average Bonchev–Trinajstić information content (AvgIpc) is 3.11. The molecule has 0 bridgehead atoms. The van der Waals surface area contributed by atoms with E-state index in [-0.39, 0.29) is 6.10 Å². The minimum Gasteiger partial charge on any atom is -0.370 e. The molecule has 1 N–H and O–H groups in total. The molecule has 3 heterocycles. The van der Waals surface area contributed by atoms with E-state index in [1.807, 2.05) is 31.2 Å². The molecule has 2 unspecified atom stereocenters. The van der Waals surface area contributed by atoms with Crippen molar-refractivity contribution in [1.82, 2.24) is 29.8 Å². The second-order valence-corrected chi connectivity index (χ2v) is 7.89. The van der Waals surface area contributed by atoms with Crippen LogP contribution in [-0.2, 0) is 11.8 Å². The summed E-state index contributed by atoms with van der Waals surface area (Å²) < 4.78 is 7.77. The maximum Gasteiger partial charge on any atom is 0.193 e. The van der Waals surface area contributed by atoms with E-state index >= 15 is 0 Å². The zero-order valence-electron chi connectivity index (χ0n) is 17.3. The number of aromatic nitrogens is 2. The summed E-state index contributed by atoms with van der Waals surface area (Å²) in [7, 11) is 6.00. The fraction of sp³-hybridized carbons (Fsp3) is 0.789. The molecule has 8 heteroatoms. The van der Waals surface area contributed by atoms with Crippen LogP contribution in [0.25, 0.3) is 0 Å². The van der Waals surface area contributed by atoms with E-state index in [1.165, 1.54) is 26.2 Å². The van der Waals surface area contributed by atoms with Gasteiger partial charge in [0, 0.05) is 71.7 Å². The van der Waals surface area contributed by atoms with Gasteiger partial charge in [-0.15, -0.1) is 0 Å². The van der Waals surface area contributed by atoms with Gasteiger partial charge < -0.3 is 24.8 Å². The summed E-state index contributed by atoms with van der Waals surface area (Å²) in [6.45, 7) is 11.5. The monoisotopic (exact) mass is 377 g/mol. The van der Waals surface area contributed by atoms with E-state index in [0.29, 0.717) is 12.5 Å². The Morgan fingerprint density at radius 1 is 1.30 bits per heavy atom. The third-order valence-corrected chi connectivity index (χ3v) is 5.45. The summed E-state index contributed by atoms with van der Waals surface area (Å²) >= 11 is 0. The van der Waals surface area contributed by atoms with Crippen LogP contribution in [-0.4, -0.2) is 104 Å². The van der Waals surface area contributed by atoms with E-state index in [9.17, 15) is 0 Å². The van der Waals surface area contributed by atoms with Crippen molar-refractivity contribution in [3.63, 3.8) is 0 Å². The molecule has 2 aliphatic heterocycles. The summed E-state index contributed by atoms with van der Waals surface area (Å²) in [6.07, 6.45) is 3.97. The standard InChI is InChI=1S/C19H35N7O/c1-16(13-25-7-5-23(3)6-8-25)11-21-19(20-2)26-9-10-27-18(15-26)17-12-22-24(4)14-17/h12,14,16,18H,5-11,13,15H2,1-4H3,(H,20,21). The number of nitrogens with zero attached hydrogens (tertiary/aromatic N) is 6. The van der Waals surface area contributed by atoms with Crippen molar-refractivity contribution in [3.8, 4) is 0 Å². The van der Waals surface area contributed by atoms with E-state index in [1.54, 1.807) is 0 Å². The molecule has 152 valence electrons. The maximum absolute atomic E-state index is 5.95.